The molecule has 28 heavy (non-hydrogen) atoms. The Morgan fingerprint density at radius 2 is 1.64 bits per heavy atom. The molecule has 0 fully saturated rings. The maximum atomic E-state index is 12.7. The van der Waals surface area contributed by atoms with E-state index in [1.807, 2.05) is 51.1 Å². The molecule has 0 aromatic heterocycles. The van der Waals surface area contributed by atoms with Gasteiger partial charge in [0, 0.05) is 13.6 Å². The summed E-state index contributed by atoms with van der Waals surface area (Å²) in [5.74, 6) is -0.499. The van der Waals surface area contributed by atoms with E-state index in [-0.39, 0.29) is 10.3 Å². The summed E-state index contributed by atoms with van der Waals surface area (Å²) in [7, 11) is -2.37. The molecular formula is C21H28N2O4S. The number of sulfonamides is 1. The summed E-state index contributed by atoms with van der Waals surface area (Å²) < 4.78 is 27.6. The van der Waals surface area contributed by atoms with Gasteiger partial charge in [0.25, 0.3) is 0 Å². The summed E-state index contributed by atoms with van der Waals surface area (Å²) in [5, 5.41) is 9.60. The van der Waals surface area contributed by atoms with Crippen LogP contribution >= 0.6 is 0 Å². The van der Waals surface area contributed by atoms with Crippen LogP contribution in [0, 0.1) is 0 Å². The third-order valence-corrected chi connectivity index (χ3v) is 5.94. The van der Waals surface area contributed by atoms with E-state index in [4.69, 9.17) is 0 Å². The van der Waals surface area contributed by atoms with Crippen molar-refractivity contribution in [1.82, 2.24) is 9.62 Å². The molecule has 0 saturated heterocycles. The molecular weight excluding hydrogens is 376 g/mol. The quantitative estimate of drug-likeness (QED) is 0.741. The second kappa shape index (κ2) is 8.86. The second-order valence-electron chi connectivity index (χ2n) is 7.81. The minimum absolute atomic E-state index is 0.0532. The van der Waals surface area contributed by atoms with E-state index in [0.717, 1.165) is 11.1 Å². The van der Waals surface area contributed by atoms with Gasteiger partial charge in [-0.3, -0.25) is 4.79 Å². The van der Waals surface area contributed by atoms with E-state index in [1.165, 1.54) is 17.0 Å². The lowest BCUT2D eigenvalue weighted by molar-refractivity contribution is -0.133. The average molecular weight is 405 g/mol. The summed E-state index contributed by atoms with van der Waals surface area (Å²) >= 11 is 0. The molecule has 1 amide bonds. The van der Waals surface area contributed by atoms with Crippen LogP contribution in [-0.2, 0) is 26.8 Å². The Labute approximate surface area is 167 Å². The third kappa shape index (κ3) is 5.64. The number of hydrogen-bond acceptors (Lipinski definition) is 4. The Bertz CT molecular complexity index is 888. The van der Waals surface area contributed by atoms with Gasteiger partial charge in [-0.1, -0.05) is 63.2 Å². The molecule has 0 saturated carbocycles. The summed E-state index contributed by atoms with van der Waals surface area (Å²) in [4.78, 5) is 14.1. The van der Waals surface area contributed by atoms with Crippen molar-refractivity contribution in [2.75, 3.05) is 13.7 Å². The van der Waals surface area contributed by atoms with Crippen LogP contribution in [0.5, 0.6) is 0 Å². The van der Waals surface area contributed by atoms with Gasteiger partial charge >= 0.3 is 0 Å². The molecule has 6 nitrogen and oxygen atoms in total. The van der Waals surface area contributed by atoms with Gasteiger partial charge in [-0.05, 0) is 28.7 Å². The van der Waals surface area contributed by atoms with E-state index in [1.54, 1.807) is 19.2 Å². The smallest absolute Gasteiger partial charge is 0.243 e. The number of aliphatic hydroxyl groups is 1. The van der Waals surface area contributed by atoms with E-state index in [2.05, 4.69) is 4.72 Å². The van der Waals surface area contributed by atoms with Crippen molar-refractivity contribution in [3.63, 3.8) is 0 Å². The molecule has 0 bridgehead atoms. The van der Waals surface area contributed by atoms with E-state index >= 15 is 0 Å². The highest BCUT2D eigenvalue weighted by molar-refractivity contribution is 7.89. The molecule has 7 heteroatoms. The minimum atomic E-state index is -3.94. The van der Waals surface area contributed by atoms with Crippen molar-refractivity contribution in [2.24, 2.45) is 0 Å². The Balaban J connectivity index is 2.12. The Hall–Kier alpha value is -2.22. The first kappa shape index (κ1) is 22.1. The normalized spacial score (nSPS) is 13.2. The molecule has 0 radical (unpaired) electrons. The molecule has 0 spiro atoms. The molecule has 2 aromatic rings. The number of aliphatic hydroxyl groups excluding tert-OH is 1. The zero-order chi connectivity index (χ0) is 20.9. The third-order valence-electron chi connectivity index (χ3n) is 4.45. The van der Waals surface area contributed by atoms with Gasteiger partial charge in [-0.15, -0.1) is 0 Å². The van der Waals surface area contributed by atoms with Crippen LogP contribution in [0.3, 0.4) is 0 Å². The van der Waals surface area contributed by atoms with Crippen LogP contribution in [0.15, 0.2) is 59.5 Å². The highest BCUT2D eigenvalue weighted by Crippen LogP contribution is 2.23. The molecule has 2 N–H and O–H groups in total. The van der Waals surface area contributed by atoms with Crippen molar-refractivity contribution < 1.29 is 18.3 Å². The molecule has 0 aliphatic heterocycles. The van der Waals surface area contributed by atoms with Crippen LogP contribution in [0.2, 0.25) is 0 Å². The number of nitrogens with one attached hydrogen (secondary N) is 1. The number of nitrogens with zero attached hydrogens (tertiary/aromatic N) is 1. The van der Waals surface area contributed by atoms with Crippen LogP contribution in [0.1, 0.15) is 31.9 Å². The minimum Gasteiger partial charge on any atom is -0.394 e. The lowest BCUT2D eigenvalue weighted by atomic mass is 9.87. The maximum Gasteiger partial charge on any atom is 0.243 e. The fraction of sp³-hybridized carbons (Fsp3) is 0.381. The zero-order valence-electron chi connectivity index (χ0n) is 16.7. The van der Waals surface area contributed by atoms with Crippen LogP contribution in [0.25, 0.3) is 0 Å². The Morgan fingerprint density at radius 1 is 1.07 bits per heavy atom. The Kier molecular flexibility index (Phi) is 6.98. The average Bonchev–Trinajstić information content (AvgIpc) is 2.65. The predicted molar refractivity (Wildman–Crippen MR) is 109 cm³/mol. The fourth-order valence-corrected chi connectivity index (χ4v) is 3.94. The lowest BCUT2D eigenvalue weighted by Crippen LogP contribution is -2.49. The van der Waals surface area contributed by atoms with E-state index < -0.39 is 28.6 Å². The van der Waals surface area contributed by atoms with Gasteiger partial charge < -0.3 is 10.0 Å². The zero-order valence-corrected chi connectivity index (χ0v) is 17.5. The topological polar surface area (TPSA) is 86.7 Å². The first-order chi connectivity index (χ1) is 13.0. The molecule has 1 atom stereocenters. The summed E-state index contributed by atoms with van der Waals surface area (Å²) in [5.41, 5.74) is 1.82. The van der Waals surface area contributed by atoms with Crippen LogP contribution in [0.4, 0.5) is 0 Å². The number of carbonyl (C=O) groups is 1. The standard InChI is InChI=1S/C21H28N2O4S/c1-21(2,3)17-10-12-18(13-11-17)28(26,27)22-19(15-24)20(25)23(4)14-16-8-6-5-7-9-16/h5-13,19,22,24H,14-15H2,1-4H3/t19-/m0/s1. The van der Waals surface area contributed by atoms with Crippen LogP contribution in [-0.4, -0.2) is 44.0 Å². The largest absolute Gasteiger partial charge is 0.394 e. The maximum absolute atomic E-state index is 12.7. The van der Waals surface area contributed by atoms with Gasteiger partial charge in [0.2, 0.25) is 15.9 Å². The van der Waals surface area contributed by atoms with Crippen molar-refractivity contribution in [3.05, 3.63) is 65.7 Å². The molecule has 0 aliphatic carbocycles. The monoisotopic (exact) mass is 404 g/mol. The number of likely N-dealkylation sites (N-methyl/N-ethyl adjacent to an activating group) is 1. The number of carbonyl (C=O) groups excluding carboxylic acids is 1. The predicted octanol–water partition coefficient (Wildman–Crippen LogP) is 2.28. The van der Waals surface area contributed by atoms with Crippen molar-refractivity contribution >= 4 is 15.9 Å². The second-order valence-corrected chi connectivity index (χ2v) is 9.52. The molecule has 2 rings (SSSR count). The summed E-state index contributed by atoms with van der Waals surface area (Å²) in [6.45, 7) is 5.81. The summed E-state index contributed by atoms with van der Waals surface area (Å²) in [6, 6.07) is 14.6. The van der Waals surface area contributed by atoms with Gasteiger partial charge in [-0.25, -0.2) is 8.42 Å². The Morgan fingerprint density at radius 3 is 2.14 bits per heavy atom. The first-order valence-electron chi connectivity index (χ1n) is 9.07. The van der Waals surface area contributed by atoms with Gasteiger partial charge in [-0.2, -0.15) is 4.72 Å². The molecule has 152 valence electrons. The van der Waals surface area contributed by atoms with E-state index in [9.17, 15) is 18.3 Å². The van der Waals surface area contributed by atoms with Gasteiger partial charge in [0.15, 0.2) is 0 Å². The molecule has 0 unspecified atom stereocenters. The number of amides is 1. The number of benzene rings is 2. The highest BCUT2D eigenvalue weighted by Gasteiger charge is 2.27. The highest BCUT2D eigenvalue weighted by atomic mass is 32.2. The van der Waals surface area contributed by atoms with Gasteiger partial charge in [0.05, 0.1) is 11.5 Å². The molecule has 0 aliphatic rings. The van der Waals surface area contributed by atoms with Gasteiger partial charge in [0.1, 0.15) is 6.04 Å². The van der Waals surface area contributed by atoms with Crippen molar-refractivity contribution in [1.29, 1.82) is 0 Å². The fourth-order valence-electron chi connectivity index (χ4n) is 2.76. The molecule has 2 aromatic carbocycles. The number of rotatable bonds is 7. The van der Waals surface area contributed by atoms with Crippen LogP contribution < -0.4 is 4.72 Å². The number of hydrogen-bond donors (Lipinski definition) is 2. The SMILES string of the molecule is CN(Cc1ccccc1)C(=O)[C@H](CO)NS(=O)(=O)c1ccc(C(C)(C)C)cc1. The van der Waals surface area contributed by atoms with Crippen molar-refractivity contribution in [2.45, 2.75) is 43.7 Å². The summed E-state index contributed by atoms with van der Waals surface area (Å²) in [6.07, 6.45) is 0. The van der Waals surface area contributed by atoms with E-state index in [0.29, 0.717) is 6.54 Å². The first-order valence-corrected chi connectivity index (χ1v) is 10.6. The molecule has 0 heterocycles. The lowest BCUT2D eigenvalue weighted by Gasteiger charge is -2.24. The van der Waals surface area contributed by atoms with Crippen molar-refractivity contribution in [3.8, 4) is 0 Å².